The van der Waals surface area contributed by atoms with Gasteiger partial charge in [-0.3, -0.25) is 0 Å². The van der Waals surface area contributed by atoms with Crippen molar-refractivity contribution in [3.63, 3.8) is 0 Å². The van der Waals surface area contributed by atoms with Crippen LogP contribution in [0, 0.1) is 28.1 Å². The molecule has 3 fully saturated rings. The maximum absolute atomic E-state index is 6.31. The van der Waals surface area contributed by atoms with E-state index >= 15 is 0 Å². The second-order valence-corrected chi connectivity index (χ2v) is 12.9. The van der Waals surface area contributed by atoms with Gasteiger partial charge in [-0.1, -0.05) is 48.5 Å². The van der Waals surface area contributed by atoms with Crippen molar-refractivity contribution in [1.29, 1.82) is 0 Å². The fraction of sp³-hybridized carbons (Fsp3) is 1.00. The van der Waals surface area contributed by atoms with E-state index in [1.165, 1.54) is 12.8 Å². The third-order valence-electron chi connectivity index (χ3n) is 7.68. The summed E-state index contributed by atoms with van der Waals surface area (Å²) in [6, 6.07) is 0. The van der Waals surface area contributed by atoms with Gasteiger partial charge >= 0.3 is 0 Å². The van der Waals surface area contributed by atoms with E-state index in [-0.39, 0.29) is 22.3 Å². The van der Waals surface area contributed by atoms with Crippen LogP contribution in [0.2, 0.25) is 0 Å². The lowest BCUT2D eigenvalue weighted by Crippen LogP contribution is -2.36. The predicted molar refractivity (Wildman–Crippen MR) is 117 cm³/mol. The first-order valence-electron chi connectivity index (χ1n) is 11.7. The number of hydrogen-bond acceptors (Lipinski definition) is 4. The molecule has 0 aliphatic carbocycles. The molecule has 5 unspecified atom stereocenters. The molecule has 3 aliphatic rings. The molecule has 3 saturated heterocycles. The number of ether oxygens (including phenoxy) is 4. The molecule has 5 atom stereocenters. The Hall–Kier alpha value is -0.160. The van der Waals surface area contributed by atoms with Crippen LogP contribution in [-0.4, -0.2) is 43.9 Å². The number of hydrogen-bond donors (Lipinski definition) is 0. The van der Waals surface area contributed by atoms with Crippen LogP contribution in [0.5, 0.6) is 0 Å². The Kier molecular flexibility index (Phi) is 6.54. The maximum atomic E-state index is 6.31. The average molecular weight is 411 g/mol. The summed E-state index contributed by atoms with van der Waals surface area (Å²) in [4.78, 5) is 0. The molecule has 0 saturated carbocycles. The van der Waals surface area contributed by atoms with E-state index < -0.39 is 5.79 Å². The van der Waals surface area contributed by atoms with E-state index in [2.05, 4.69) is 48.5 Å². The van der Waals surface area contributed by atoms with Crippen molar-refractivity contribution in [3.8, 4) is 0 Å². The lowest BCUT2D eigenvalue weighted by atomic mass is 9.70. The topological polar surface area (TPSA) is 36.9 Å². The first kappa shape index (κ1) is 23.5. The Morgan fingerprint density at radius 1 is 0.759 bits per heavy atom. The standard InChI is InChI=1S/C25H46O4/c1-22(2,3)20-10-17(14-27-20)12-23(4,5)18-11-19(26-15-18)13-24(6,7)21-16-28-25(8,9)29-21/h17-21H,10-16H2,1-9H3. The van der Waals surface area contributed by atoms with Gasteiger partial charge in [-0.15, -0.1) is 0 Å². The zero-order chi connectivity index (χ0) is 21.7. The fourth-order valence-electron chi connectivity index (χ4n) is 5.53. The van der Waals surface area contributed by atoms with Crippen molar-refractivity contribution in [1.82, 2.24) is 0 Å². The summed E-state index contributed by atoms with van der Waals surface area (Å²) in [5, 5.41) is 0. The van der Waals surface area contributed by atoms with Crippen LogP contribution in [0.1, 0.15) is 88.0 Å². The maximum Gasteiger partial charge on any atom is 0.163 e. The molecule has 0 aromatic heterocycles. The molecule has 0 amide bonds. The summed E-state index contributed by atoms with van der Waals surface area (Å²) >= 11 is 0. The van der Waals surface area contributed by atoms with Gasteiger partial charge in [-0.2, -0.15) is 0 Å². The largest absolute Gasteiger partial charge is 0.378 e. The van der Waals surface area contributed by atoms with Crippen molar-refractivity contribution in [2.24, 2.45) is 28.1 Å². The van der Waals surface area contributed by atoms with Gasteiger partial charge < -0.3 is 18.9 Å². The Labute approximate surface area is 179 Å². The van der Waals surface area contributed by atoms with Crippen LogP contribution in [0.4, 0.5) is 0 Å². The second-order valence-electron chi connectivity index (χ2n) is 12.9. The Bertz CT molecular complexity index is 560. The molecule has 0 spiro atoms. The SMILES string of the molecule is CC1(C)OCC(C(C)(C)CC2CC(C(C)(C)CC3COC(C(C)(C)C)C3)CO2)O1. The third kappa shape index (κ3) is 5.75. The molecule has 3 heterocycles. The summed E-state index contributed by atoms with van der Waals surface area (Å²) < 4.78 is 24.4. The Balaban J connectivity index is 1.51. The monoisotopic (exact) mass is 410 g/mol. The van der Waals surface area contributed by atoms with Gasteiger partial charge in [-0.05, 0) is 67.6 Å². The Morgan fingerprint density at radius 3 is 2.00 bits per heavy atom. The summed E-state index contributed by atoms with van der Waals surface area (Å²) in [6.45, 7) is 22.9. The van der Waals surface area contributed by atoms with Gasteiger partial charge in [0.05, 0.1) is 31.5 Å². The van der Waals surface area contributed by atoms with Crippen LogP contribution in [-0.2, 0) is 18.9 Å². The van der Waals surface area contributed by atoms with Crippen LogP contribution < -0.4 is 0 Å². The molecular formula is C25H46O4. The molecule has 3 aliphatic heterocycles. The summed E-state index contributed by atoms with van der Waals surface area (Å²) in [6.07, 6.45) is 5.48. The smallest absolute Gasteiger partial charge is 0.163 e. The zero-order valence-electron chi connectivity index (χ0n) is 20.5. The average Bonchev–Trinajstić information content (AvgIpc) is 3.26. The highest BCUT2D eigenvalue weighted by Crippen LogP contribution is 2.46. The van der Waals surface area contributed by atoms with Gasteiger partial charge in [0, 0.05) is 6.61 Å². The van der Waals surface area contributed by atoms with Gasteiger partial charge in [0.15, 0.2) is 5.79 Å². The van der Waals surface area contributed by atoms with E-state index in [4.69, 9.17) is 18.9 Å². The zero-order valence-corrected chi connectivity index (χ0v) is 20.5. The van der Waals surface area contributed by atoms with Crippen LogP contribution in [0.15, 0.2) is 0 Å². The molecule has 0 bridgehead atoms. The second kappa shape index (κ2) is 8.07. The molecule has 29 heavy (non-hydrogen) atoms. The lowest BCUT2D eigenvalue weighted by Gasteiger charge is -2.35. The van der Waals surface area contributed by atoms with Crippen molar-refractivity contribution in [2.45, 2.75) is 112 Å². The number of rotatable bonds is 6. The van der Waals surface area contributed by atoms with Gasteiger partial charge in [0.25, 0.3) is 0 Å². The molecule has 0 aromatic rings. The van der Waals surface area contributed by atoms with Crippen molar-refractivity contribution in [3.05, 3.63) is 0 Å². The normalized spacial score (nSPS) is 36.1. The minimum absolute atomic E-state index is 0.0523. The summed E-state index contributed by atoms with van der Waals surface area (Å²) in [7, 11) is 0. The highest BCUT2D eigenvalue weighted by atomic mass is 16.7. The predicted octanol–water partition coefficient (Wildman–Crippen LogP) is 5.83. The van der Waals surface area contributed by atoms with Crippen molar-refractivity contribution in [2.75, 3.05) is 19.8 Å². The summed E-state index contributed by atoms with van der Waals surface area (Å²) in [5.41, 5.74) is 0.581. The quantitative estimate of drug-likeness (QED) is 0.552. The van der Waals surface area contributed by atoms with Gasteiger partial charge in [0.2, 0.25) is 0 Å². The van der Waals surface area contributed by atoms with Crippen molar-refractivity contribution < 1.29 is 18.9 Å². The molecule has 0 radical (unpaired) electrons. The van der Waals surface area contributed by atoms with Crippen LogP contribution in [0.25, 0.3) is 0 Å². The summed E-state index contributed by atoms with van der Waals surface area (Å²) in [5.74, 6) is 0.835. The van der Waals surface area contributed by atoms with Crippen LogP contribution >= 0.6 is 0 Å². The van der Waals surface area contributed by atoms with E-state index in [0.29, 0.717) is 30.7 Å². The van der Waals surface area contributed by atoms with Gasteiger partial charge in [0.1, 0.15) is 0 Å². The molecule has 0 N–H and O–H groups in total. The molecular weight excluding hydrogens is 364 g/mol. The van der Waals surface area contributed by atoms with E-state index in [9.17, 15) is 0 Å². The first-order valence-corrected chi connectivity index (χ1v) is 11.7. The third-order valence-corrected chi connectivity index (χ3v) is 7.68. The highest BCUT2D eigenvalue weighted by Gasteiger charge is 2.46. The minimum atomic E-state index is -0.461. The molecule has 0 aromatic carbocycles. The van der Waals surface area contributed by atoms with E-state index in [0.717, 1.165) is 26.1 Å². The lowest BCUT2D eigenvalue weighted by molar-refractivity contribution is -0.154. The highest BCUT2D eigenvalue weighted by molar-refractivity contribution is 4.93. The van der Waals surface area contributed by atoms with Crippen LogP contribution in [0.3, 0.4) is 0 Å². The van der Waals surface area contributed by atoms with Crippen molar-refractivity contribution >= 4 is 0 Å². The Morgan fingerprint density at radius 2 is 1.45 bits per heavy atom. The minimum Gasteiger partial charge on any atom is -0.378 e. The molecule has 4 heteroatoms. The van der Waals surface area contributed by atoms with E-state index in [1.807, 2.05) is 13.8 Å². The van der Waals surface area contributed by atoms with E-state index in [1.54, 1.807) is 0 Å². The molecule has 170 valence electrons. The molecule has 3 rings (SSSR count). The molecule has 4 nitrogen and oxygen atoms in total. The van der Waals surface area contributed by atoms with Gasteiger partial charge in [-0.25, -0.2) is 0 Å². The fourth-order valence-corrected chi connectivity index (χ4v) is 5.53. The first-order chi connectivity index (χ1) is 13.2.